The predicted octanol–water partition coefficient (Wildman–Crippen LogP) is 6.39. The Bertz CT molecular complexity index is 1860. The zero-order valence-electron chi connectivity index (χ0n) is 22.8. The van der Waals surface area contributed by atoms with Gasteiger partial charge in [0.15, 0.2) is 5.69 Å². The molecule has 5 rings (SSSR count). The zero-order valence-corrected chi connectivity index (χ0v) is 24.4. The molecule has 0 saturated carbocycles. The highest BCUT2D eigenvalue weighted by molar-refractivity contribution is 7.92. The number of alkyl halides is 3. The number of ether oxygens (including phenoxy) is 1. The number of aromatic carboxylic acids is 1. The third kappa shape index (κ3) is 6.40. The number of sulfonamides is 1. The number of aromatic nitrogens is 3. The second-order valence-corrected chi connectivity index (χ2v) is 12.2. The second kappa shape index (κ2) is 11.9. The van der Waals surface area contributed by atoms with Gasteiger partial charge in [0.05, 0.1) is 33.9 Å². The van der Waals surface area contributed by atoms with Gasteiger partial charge in [-0.2, -0.15) is 13.2 Å². The molecular formula is C29H23ClF4N4O5S. The first-order chi connectivity index (χ1) is 20.7. The lowest BCUT2D eigenvalue weighted by Gasteiger charge is -2.36. The van der Waals surface area contributed by atoms with E-state index in [9.17, 15) is 30.8 Å². The predicted molar refractivity (Wildman–Crippen MR) is 153 cm³/mol. The number of hydrogen-bond acceptors (Lipinski definition) is 6. The van der Waals surface area contributed by atoms with E-state index in [0.717, 1.165) is 22.5 Å². The molecule has 2 heterocycles. The third-order valence-corrected chi connectivity index (χ3v) is 8.93. The van der Waals surface area contributed by atoms with Crippen LogP contribution in [0.25, 0.3) is 11.6 Å². The Morgan fingerprint density at radius 3 is 2.59 bits per heavy atom. The lowest BCUT2D eigenvalue weighted by Crippen LogP contribution is -2.44. The zero-order chi connectivity index (χ0) is 31.8. The quantitative estimate of drug-likeness (QED) is 0.174. The minimum absolute atomic E-state index is 0.0637. The van der Waals surface area contributed by atoms with Crippen molar-refractivity contribution in [1.29, 1.82) is 0 Å². The summed E-state index contributed by atoms with van der Waals surface area (Å²) in [6.07, 6.45) is -2.60. The van der Waals surface area contributed by atoms with Gasteiger partial charge >= 0.3 is 12.1 Å². The third-order valence-electron chi connectivity index (χ3n) is 6.84. The van der Waals surface area contributed by atoms with Crippen molar-refractivity contribution in [2.24, 2.45) is 0 Å². The van der Waals surface area contributed by atoms with Gasteiger partial charge in [-0.25, -0.2) is 17.6 Å². The summed E-state index contributed by atoms with van der Waals surface area (Å²) in [4.78, 5) is 10.6. The normalized spacial score (nSPS) is 15.5. The van der Waals surface area contributed by atoms with E-state index in [1.54, 1.807) is 19.1 Å². The number of nitrogens with zero attached hydrogens (tertiary/aromatic N) is 4. The first-order valence-corrected chi connectivity index (χ1v) is 14.8. The number of aryl methyl sites for hydroxylation is 1. The molecule has 0 fully saturated rings. The van der Waals surface area contributed by atoms with Crippen molar-refractivity contribution in [3.63, 3.8) is 0 Å². The van der Waals surface area contributed by atoms with Crippen LogP contribution in [0, 0.1) is 5.82 Å². The number of carbonyl (C=O) groups is 1. The Balaban J connectivity index is 1.53. The van der Waals surface area contributed by atoms with Crippen LogP contribution in [0.4, 0.5) is 23.2 Å². The van der Waals surface area contributed by atoms with E-state index in [0.29, 0.717) is 17.2 Å². The summed E-state index contributed by atoms with van der Waals surface area (Å²) in [6, 6.07) is 12.3. The first-order valence-electron chi connectivity index (χ1n) is 13.0. The molecule has 3 aromatic carbocycles. The Labute approximate surface area is 254 Å². The van der Waals surface area contributed by atoms with E-state index < -0.39 is 44.5 Å². The van der Waals surface area contributed by atoms with Gasteiger partial charge in [-0.3, -0.25) is 8.99 Å². The highest BCUT2D eigenvalue weighted by atomic mass is 35.5. The topological polar surface area (TPSA) is 115 Å². The molecule has 0 radical (unpaired) electrons. The fraction of sp³-hybridized carbons (Fsp3) is 0.207. The lowest BCUT2D eigenvalue weighted by atomic mass is 10.0. The molecule has 44 heavy (non-hydrogen) atoms. The first kappa shape index (κ1) is 31.0. The Morgan fingerprint density at radius 2 is 1.91 bits per heavy atom. The highest BCUT2D eigenvalue weighted by Crippen LogP contribution is 2.40. The van der Waals surface area contributed by atoms with Crippen LogP contribution in [-0.2, 0) is 22.7 Å². The Morgan fingerprint density at radius 1 is 1.16 bits per heavy atom. The van der Waals surface area contributed by atoms with Crippen LogP contribution in [0.2, 0.25) is 5.02 Å². The Kier molecular flexibility index (Phi) is 8.40. The summed E-state index contributed by atoms with van der Waals surface area (Å²) >= 11 is 6.20. The average molecular weight is 651 g/mol. The number of anilines is 1. The number of benzene rings is 3. The summed E-state index contributed by atoms with van der Waals surface area (Å²) in [7, 11) is -4.55. The summed E-state index contributed by atoms with van der Waals surface area (Å²) in [6.45, 7) is 1.46. The molecule has 0 unspecified atom stereocenters. The molecular weight excluding hydrogens is 628 g/mol. The maximum absolute atomic E-state index is 14.5. The van der Waals surface area contributed by atoms with Crippen LogP contribution in [0.1, 0.15) is 40.5 Å². The number of allylic oxidation sites excluding steroid dienone is 1. The van der Waals surface area contributed by atoms with Crippen LogP contribution in [0.15, 0.2) is 71.8 Å². The molecule has 1 N–H and O–H groups in total. The van der Waals surface area contributed by atoms with Crippen molar-refractivity contribution < 1.29 is 40.6 Å². The molecule has 1 aliphatic heterocycles. The number of fused-ring (bicyclic) bond motifs is 1. The molecule has 230 valence electrons. The van der Waals surface area contributed by atoms with Crippen LogP contribution in [0.3, 0.4) is 0 Å². The number of carboxylic acid groups (broad SMARTS) is 1. The van der Waals surface area contributed by atoms with Crippen LogP contribution in [-0.4, -0.2) is 47.1 Å². The second-order valence-electron chi connectivity index (χ2n) is 9.91. The minimum Gasteiger partial charge on any atom is -0.486 e. The average Bonchev–Trinajstić information content (AvgIpc) is 3.45. The molecule has 0 aliphatic carbocycles. The van der Waals surface area contributed by atoms with Crippen molar-refractivity contribution in [3.05, 3.63) is 100 Å². The maximum atomic E-state index is 14.5. The van der Waals surface area contributed by atoms with E-state index in [4.69, 9.17) is 21.4 Å². The van der Waals surface area contributed by atoms with E-state index in [-0.39, 0.29) is 47.2 Å². The van der Waals surface area contributed by atoms with Crippen LogP contribution < -0.4 is 9.04 Å². The summed E-state index contributed by atoms with van der Waals surface area (Å²) in [5.74, 6) is -1.68. The fourth-order valence-electron chi connectivity index (χ4n) is 4.74. The number of rotatable bonds is 8. The van der Waals surface area contributed by atoms with Crippen LogP contribution >= 0.6 is 11.6 Å². The summed E-state index contributed by atoms with van der Waals surface area (Å²) in [5.41, 5.74) is -0.275. The molecule has 1 aromatic heterocycles. The van der Waals surface area contributed by atoms with E-state index in [1.807, 2.05) is 0 Å². The van der Waals surface area contributed by atoms with Crippen LogP contribution in [0.5, 0.6) is 5.75 Å². The van der Waals surface area contributed by atoms with E-state index in [2.05, 4.69) is 10.3 Å². The SMILES string of the molecule is C/C(=C\c1ccc2c(c1)N(S(=O)(=O)c1cccc(C(F)(F)F)c1)C[C@H](CCn1cc(C(=O)O)nn1)O2)c1c(F)cccc1Cl. The molecule has 0 amide bonds. The van der Waals surface area contributed by atoms with Crippen molar-refractivity contribution >= 4 is 44.9 Å². The van der Waals surface area contributed by atoms with Gasteiger partial charge < -0.3 is 9.84 Å². The van der Waals surface area contributed by atoms with Crippen molar-refractivity contribution in [2.45, 2.75) is 37.1 Å². The number of hydrogen-bond donors (Lipinski definition) is 1. The lowest BCUT2D eigenvalue weighted by molar-refractivity contribution is -0.137. The van der Waals surface area contributed by atoms with Gasteiger partial charge in [-0.05, 0) is 60.5 Å². The maximum Gasteiger partial charge on any atom is 0.416 e. The van der Waals surface area contributed by atoms with Gasteiger partial charge in [0, 0.05) is 18.5 Å². The fourth-order valence-corrected chi connectivity index (χ4v) is 6.59. The van der Waals surface area contributed by atoms with Gasteiger partial charge in [-0.1, -0.05) is 41.1 Å². The van der Waals surface area contributed by atoms with Gasteiger partial charge in [0.2, 0.25) is 0 Å². The smallest absolute Gasteiger partial charge is 0.416 e. The van der Waals surface area contributed by atoms with E-state index in [1.165, 1.54) is 41.2 Å². The molecule has 4 aromatic rings. The molecule has 0 spiro atoms. The molecule has 15 heteroatoms. The minimum atomic E-state index is -4.77. The largest absolute Gasteiger partial charge is 0.486 e. The Hall–Kier alpha value is -4.43. The molecule has 1 atom stereocenters. The van der Waals surface area contributed by atoms with Gasteiger partial charge in [0.1, 0.15) is 17.7 Å². The van der Waals surface area contributed by atoms with Crippen molar-refractivity contribution in [3.8, 4) is 5.75 Å². The van der Waals surface area contributed by atoms with Crippen molar-refractivity contribution in [2.75, 3.05) is 10.8 Å². The summed E-state index contributed by atoms with van der Waals surface area (Å²) < 4.78 is 91.0. The van der Waals surface area contributed by atoms with Gasteiger partial charge in [-0.15, -0.1) is 5.10 Å². The standard InChI is InChI=1S/C29H23ClF4N4O5S/c1-17(27-22(30)6-3-7-23(27)31)12-18-8-9-26-25(13-18)38(44(41,42)21-5-2-4-19(14-21)29(32,33)34)15-20(43-26)10-11-37-16-24(28(39)40)35-36-37/h2-9,12-14,16,20H,10-11,15H2,1H3,(H,39,40)/b17-12+/t20-/m0/s1. The molecule has 0 bridgehead atoms. The summed E-state index contributed by atoms with van der Waals surface area (Å²) in [5, 5.41) is 16.5. The molecule has 1 aliphatic rings. The molecule has 9 nitrogen and oxygen atoms in total. The number of halogens is 5. The molecule has 0 saturated heterocycles. The highest BCUT2D eigenvalue weighted by Gasteiger charge is 2.37. The monoisotopic (exact) mass is 650 g/mol. The number of carboxylic acids is 1. The van der Waals surface area contributed by atoms with E-state index >= 15 is 0 Å². The van der Waals surface area contributed by atoms with Crippen molar-refractivity contribution in [1.82, 2.24) is 15.0 Å². The van der Waals surface area contributed by atoms with Gasteiger partial charge in [0.25, 0.3) is 10.0 Å².